The van der Waals surface area contributed by atoms with Crippen molar-refractivity contribution >= 4 is 17.0 Å². The first-order valence-corrected chi connectivity index (χ1v) is 6.68. The average molecular weight is 262 g/mol. The summed E-state index contributed by atoms with van der Waals surface area (Å²) in [7, 11) is 6.24. The fourth-order valence-corrected chi connectivity index (χ4v) is 2.48. The lowest BCUT2D eigenvalue weighted by Crippen LogP contribution is -2.36. The van der Waals surface area contributed by atoms with E-state index in [1.807, 2.05) is 10.9 Å². The molecule has 0 aromatic carbocycles. The van der Waals surface area contributed by atoms with Crippen LogP contribution in [0.1, 0.15) is 25.5 Å². The highest BCUT2D eigenvalue weighted by atomic mass is 16.5. The van der Waals surface area contributed by atoms with Crippen LogP contribution in [0.15, 0.2) is 12.7 Å². The minimum atomic E-state index is 0.0639. The van der Waals surface area contributed by atoms with E-state index in [2.05, 4.69) is 36.1 Å². The van der Waals surface area contributed by atoms with Gasteiger partial charge in [0.15, 0.2) is 11.2 Å². The minimum Gasteiger partial charge on any atom is -0.358 e. The van der Waals surface area contributed by atoms with Gasteiger partial charge in [-0.15, -0.1) is 0 Å². The van der Waals surface area contributed by atoms with Gasteiger partial charge >= 0.3 is 0 Å². The van der Waals surface area contributed by atoms with Gasteiger partial charge in [-0.25, -0.2) is 9.97 Å². The third-order valence-electron chi connectivity index (χ3n) is 3.44. The van der Waals surface area contributed by atoms with E-state index in [1.54, 1.807) is 6.33 Å². The molecule has 0 amide bonds. The van der Waals surface area contributed by atoms with Crippen molar-refractivity contribution < 1.29 is 4.74 Å². The molecular weight excluding hydrogens is 242 g/mol. The van der Waals surface area contributed by atoms with E-state index < -0.39 is 0 Å². The summed E-state index contributed by atoms with van der Waals surface area (Å²) in [6, 6.07) is 0. The van der Waals surface area contributed by atoms with Crippen LogP contribution >= 0.6 is 0 Å². The predicted molar refractivity (Wildman–Crippen MR) is 73.7 cm³/mol. The second kappa shape index (κ2) is 4.54. The maximum absolute atomic E-state index is 5.81. The van der Waals surface area contributed by atoms with E-state index in [4.69, 9.17) is 4.74 Å². The number of ether oxygens (including phenoxy) is 1. The first kappa shape index (κ1) is 12.5. The number of imidazole rings is 1. The molecule has 1 aliphatic rings. The fraction of sp³-hybridized carbons (Fsp3) is 0.615. The van der Waals surface area contributed by atoms with Crippen LogP contribution in [0.5, 0.6) is 0 Å². The molecule has 2 aromatic heterocycles. The summed E-state index contributed by atoms with van der Waals surface area (Å²) in [5, 5.41) is 0. The number of hydrogen-bond donors (Lipinski definition) is 0. The number of quaternary nitrogens is 1. The van der Waals surface area contributed by atoms with E-state index in [9.17, 15) is 0 Å². The molecule has 0 radical (unpaired) electrons. The molecule has 19 heavy (non-hydrogen) atoms. The Morgan fingerprint density at radius 2 is 2.05 bits per heavy atom. The Bertz CT molecular complexity index is 580. The van der Waals surface area contributed by atoms with Crippen molar-refractivity contribution in [3.63, 3.8) is 0 Å². The number of rotatable bonds is 2. The van der Waals surface area contributed by atoms with Crippen LogP contribution in [0.3, 0.4) is 0 Å². The topological polar surface area (TPSA) is 52.8 Å². The largest absolute Gasteiger partial charge is 0.358 e. The van der Waals surface area contributed by atoms with Crippen molar-refractivity contribution in [1.82, 2.24) is 24.0 Å². The molecule has 3 heterocycles. The van der Waals surface area contributed by atoms with Crippen molar-refractivity contribution in [2.45, 2.75) is 25.5 Å². The van der Waals surface area contributed by atoms with E-state index in [0.29, 0.717) is 4.48 Å². The maximum Gasteiger partial charge on any atom is 0.258 e. The summed E-state index contributed by atoms with van der Waals surface area (Å²) >= 11 is 0. The lowest BCUT2D eigenvalue weighted by atomic mass is 10.2. The summed E-state index contributed by atoms with van der Waals surface area (Å²) in [6.45, 7) is 0.817. The third kappa shape index (κ3) is 2.21. The Balaban J connectivity index is 2.08. The maximum atomic E-state index is 5.81. The molecule has 2 aromatic rings. The first-order valence-electron chi connectivity index (χ1n) is 6.68. The minimum absolute atomic E-state index is 0.0639. The van der Waals surface area contributed by atoms with Gasteiger partial charge in [0.25, 0.3) is 5.82 Å². The monoisotopic (exact) mass is 262 g/mol. The molecule has 1 saturated heterocycles. The Morgan fingerprint density at radius 3 is 2.74 bits per heavy atom. The lowest BCUT2D eigenvalue weighted by molar-refractivity contribution is -0.0298. The Hall–Kier alpha value is -1.53. The summed E-state index contributed by atoms with van der Waals surface area (Å²) in [4.78, 5) is 13.3. The van der Waals surface area contributed by atoms with E-state index in [1.165, 1.54) is 6.42 Å². The van der Waals surface area contributed by atoms with Crippen LogP contribution in [0.2, 0.25) is 0 Å². The van der Waals surface area contributed by atoms with Gasteiger partial charge in [-0.05, 0) is 19.3 Å². The quantitative estimate of drug-likeness (QED) is 0.773. The molecule has 3 rings (SSSR count). The lowest BCUT2D eigenvalue weighted by Gasteiger charge is -2.24. The molecule has 1 aliphatic heterocycles. The molecule has 6 nitrogen and oxygen atoms in total. The Kier molecular flexibility index (Phi) is 2.99. The second-order valence-corrected chi connectivity index (χ2v) is 5.86. The van der Waals surface area contributed by atoms with Crippen LogP contribution in [-0.2, 0) is 4.74 Å². The summed E-state index contributed by atoms with van der Waals surface area (Å²) in [6.07, 6.45) is 6.86. The molecule has 0 saturated carbocycles. The molecule has 0 N–H and O–H groups in total. The van der Waals surface area contributed by atoms with E-state index in [0.717, 1.165) is 36.4 Å². The van der Waals surface area contributed by atoms with Crippen LogP contribution in [0, 0.1) is 0 Å². The fourth-order valence-electron chi connectivity index (χ4n) is 2.48. The van der Waals surface area contributed by atoms with Gasteiger partial charge in [-0.1, -0.05) is 0 Å². The smallest absolute Gasteiger partial charge is 0.258 e. The second-order valence-electron chi connectivity index (χ2n) is 5.86. The van der Waals surface area contributed by atoms with Gasteiger partial charge in [0.2, 0.25) is 0 Å². The zero-order valence-electron chi connectivity index (χ0n) is 11.7. The third-order valence-corrected chi connectivity index (χ3v) is 3.44. The van der Waals surface area contributed by atoms with Crippen LogP contribution in [-0.4, -0.2) is 47.3 Å². The summed E-state index contributed by atoms with van der Waals surface area (Å²) < 4.78 is 8.48. The molecule has 0 unspecified atom stereocenters. The molecular formula is C13H20N5O+. The number of hydrogen-bond acceptors (Lipinski definition) is 4. The molecule has 1 atom stereocenters. The molecule has 102 valence electrons. The van der Waals surface area contributed by atoms with Crippen molar-refractivity contribution in [3.8, 4) is 0 Å². The van der Waals surface area contributed by atoms with Gasteiger partial charge in [-0.3, -0.25) is 9.05 Å². The van der Waals surface area contributed by atoms with Crippen LogP contribution in [0.25, 0.3) is 11.2 Å². The van der Waals surface area contributed by atoms with Crippen LogP contribution in [0.4, 0.5) is 5.82 Å². The highest BCUT2D eigenvalue weighted by Gasteiger charge is 2.25. The highest BCUT2D eigenvalue weighted by molar-refractivity contribution is 5.81. The van der Waals surface area contributed by atoms with Gasteiger partial charge in [0, 0.05) is 6.61 Å². The van der Waals surface area contributed by atoms with E-state index >= 15 is 0 Å². The van der Waals surface area contributed by atoms with Gasteiger partial charge < -0.3 is 4.74 Å². The van der Waals surface area contributed by atoms with Crippen molar-refractivity contribution in [3.05, 3.63) is 12.7 Å². The highest BCUT2D eigenvalue weighted by Crippen LogP contribution is 2.28. The average Bonchev–Trinajstić information content (AvgIpc) is 2.82. The standard InChI is InChI=1S/C13H20N5O/c1-18(2,3)13-11-12(14-8-15-13)17(9-16-11)10-6-4-5-7-19-10/h8-10H,4-7H2,1-3H3/q+1/t10-/m1/s1. The number of nitrogens with zero attached hydrogens (tertiary/aromatic N) is 5. The SMILES string of the molecule is C[N+](C)(C)c1ncnc2c1ncn2[C@H]1CCCCO1. The Labute approximate surface area is 112 Å². The van der Waals surface area contributed by atoms with Gasteiger partial charge in [0.05, 0.1) is 27.5 Å². The summed E-state index contributed by atoms with van der Waals surface area (Å²) in [5.41, 5.74) is 1.73. The Morgan fingerprint density at radius 1 is 1.21 bits per heavy atom. The normalized spacial score (nSPS) is 20.9. The van der Waals surface area contributed by atoms with E-state index in [-0.39, 0.29) is 6.23 Å². The molecule has 0 spiro atoms. The van der Waals surface area contributed by atoms with Gasteiger partial charge in [-0.2, -0.15) is 4.98 Å². The number of aromatic nitrogens is 4. The first-order chi connectivity index (χ1) is 9.07. The zero-order valence-corrected chi connectivity index (χ0v) is 11.7. The zero-order chi connectivity index (χ0) is 13.5. The molecule has 0 aliphatic carbocycles. The summed E-state index contributed by atoms with van der Waals surface area (Å²) in [5.74, 6) is 0.930. The molecule has 6 heteroatoms. The van der Waals surface area contributed by atoms with Crippen molar-refractivity contribution in [2.75, 3.05) is 27.7 Å². The van der Waals surface area contributed by atoms with Crippen molar-refractivity contribution in [2.24, 2.45) is 0 Å². The molecule has 1 fully saturated rings. The van der Waals surface area contributed by atoms with Crippen molar-refractivity contribution in [1.29, 1.82) is 0 Å². The predicted octanol–water partition coefficient (Wildman–Crippen LogP) is 1.72. The number of fused-ring (bicyclic) bond motifs is 1. The van der Waals surface area contributed by atoms with Gasteiger partial charge in [0.1, 0.15) is 12.6 Å². The van der Waals surface area contributed by atoms with Crippen LogP contribution < -0.4 is 4.48 Å². The molecule has 0 bridgehead atoms.